The van der Waals surface area contributed by atoms with Gasteiger partial charge in [0.25, 0.3) is 0 Å². The van der Waals surface area contributed by atoms with Crippen LogP contribution in [0.15, 0.2) is 29.2 Å². The van der Waals surface area contributed by atoms with Gasteiger partial charge in [0, 0.05) is 31.0 Å². The number of rotatable bonds is 4. The van der Waals surface area contributed by atoms with Crippen LogP contribution in [-0.4, -0.2) is 21.2 Å². The Kier molecular flexibility index (Phi) is 3.26. The SMILES string of the molecule is CC(C)NCc1cc(-c2cnccn2)on1. The van der Waals surface area contributed by atoms with E-state index in [-0.39, 0.29) is 0 Å². The molecule has 2 aromatic heterocycles. The molecular weight excluding hydrogens is 204 g/mol. The predicted molar refractivity (Wildman–Crippen MR) is 59.5 cm³/mol. The van der Waals surface area contributed by atoms with Crippen LogP contribution in [0.2, 0.25) is 0 Å². The standard InChI is InChI=1S/C11H14N4O/c1-8(2)14-6-9-5-11(16-15-9)10-7-12-3-4-13-10/h3-5,7-8,14H,6H2,1-2H3. The number of nitrogens with zero attached hydrogens (tertiary/aromatic N) is 3. The molecule has 0 unspecified atom stereocenters. The maximum atomic E-state index is 5.19. The average Bonchev–Trinajstić information content (AvgIpc) is 2.76. The summed E-state index contributed by atoms with van der Waals surface area (Å²) in [5, 5.41) is 7.23. The van der Waals surface area contributed by atoms with Gasteiger partial charge in [-0.2, -0.15) is 0 Å². The quantitative estimate of drug-likeness (QED) is 0.845. The first-order valence-corrected chi connectivity index (χ1v) is 5.21. The minimum absolute atomic E-state index is 0.427. The third-order valence-corrected chi connectivity index (χ3v) is 2.07. The van der Waals surface area contributed by atoms with E-state index < -0.39 is 0 Å². The Hall–Kier alpha value is -1.75. The van der Waals surface area contributed by atoms with Crippen molar-refractivity contribution < 1.29 is 4.52 Å². The zero-order valence-electron chi connectivity index (χ0n) is 9.34. The molecule has 0 aliphatic rings. The fourth-order valence-corrected chi connectivity index (χ4v) is 1.25. The molecule has 0 atom stereocenters. The number of hydrogen-bond donors (Lipinski definition) is 1. The van der Waals surface area contributed by atoms with Gasteiger partial charge in [-0.15, -0.1) is 0 Å². The van der Waals surface area contributed by atoms with Gasteiger partial charge in [-0.3, -0.25) is 4.98 Å². The maximum Gasteiger partial charge on any atom is 0.187 e. The van der Waals surface area contributed by atoms with Crippen molar-refractivity contribution in [2.45, 2.75) is 26.4 Å². The topological polar surface area (TPSA) is 63.8 Å². The summed E-state index contributed by atoms with van der Waals surface area (Å²) in [4.78, 5) is 8.12. The fourth-order valence-electron chi connectivity index (χ4n) is 1.25. The molecule has 0 fully saturated rings. The maximum absolute atomic E-state index is 5.19. The molecule has 0 bridgehead atoms. The Labute approximate surface area is 93.9 Å². The molecule has 84 valence electrons. The molecule has 5 nitrogen and oxygen atoms in total. The van der Waals surface area contributed by atoms with Crippen molar-refractivity contribution >= 4 is 0 Å². The summed E-state index contributed by atoms with van der Waals surface area (Å²) in [6, 6.07) is 2.30. The zero-order chi connectivity index (χ0) is 11.4. The van der Waals surface area contributed by atoms with Gasteiger partial charge >= 0.3 is 0 Å². The number of nitrogens with one attached hydrogen (secondary N) is 1. The highest BCUT2D eigenvalue weighted by Gasteiger charge is 2.07. The first-order chi connectivity index (χ1) is 7.75. The van der Waals surface area contributed by atoms with Crippen LogP contribution in [0, 0.1) is 0 Å². The van der Waals surface area contributed by atoms with Crippen LogP contribution in [0.25, 0.3) is 11.5 Å². The Balaban J connectivity index is 2.08. The first-order valence-electron chi connectivity index (χ1n) is 5.21. The van der Waals surface area contributed by atoms with Gasteiger partial charge in [-0.1, -0.05) is 19.0 Å². The molecule has 0 saturated heterocycles. The first kappa shape index (κ1) is 10.8. The Morgan fingerprint density at radius 2 is 2.25 bits per heavy atom. The zero-order valence-corrected chi connectivity index (χ0v) is 9.34. The van der Waals surface area contributed by atoms with Gasteiger partial charge in [0.1, 0.15) is 5.69 Å². The summed E-state index contributed by atoms with van der Waals surface area (Å²) in [6.07, 6.45) is 4.91. The smallest absolute Gasteiger partial charge is 0.187 e. The average molecular weight is 218 g/mol. The molecule has 2 aromatic rings. The second kappa shape index (κ2) is 4.85. The molecule has 1 N–H and O–H groups in total. The normalized spacial score (nSPS) is 10.9. The van der Waals surface area contributed by atoms with Gasteiger partial charge in [0.05, 0.1) is 11.9 Å². The van der Waals surface area contributed by atoms with Crippen molar-refractivity contribution in [3.8, 4) is 11.5 Å². The van der Waals surface area contributed by atoms with Crippen LogP contribution in [0.3, 0.4) is 0 Å². The van der Waals surface area contributed by atoms with E-state index in [1.54, 1.807) is 18.6 Å². The summed E-state index contributed by atoms with van der Waals surface area (Å²) in [5.41, 5.74) is 1.57. The molecule has 2 rings (SSSR count). The molecule has 0 spiro atoms. The fraction of sp³-hybridized carbons (Fsp3) is 0.364. The molecule has 2 heterocycles. The second-order valence-electron chi connectivity index (χ2n) is 3.81. The van der Waals surface area contributed by atoms with Crippen LogP contribution < -0.4 is 5.32 Å². The molecular formula is C11H14N4O. The van der Waals surface area contributed by atoms with E-state index in [0.29, 0.717) is 24.0 Å². The van der Waals surface area contributed by atoms with E-state index in [9.17, 15) is 0 Å². The summed E-state index contributed by atoms with van der Waals surface area (Å²) < 4.78 is 5.19. The molecule has 0 amide bonds. The Morgan fingerprint density at radius 1 is 1.38 bits per heavy atom. The lowest BCUT2D eigenvalue weighted by atomic mass is 10.3. The lowest BCUT2D eigenvalue weighted by molar-refractivity contribution is 0.416. The van der Waals surface area contributed by atoms with Crippen LogP contribution in [0.1, 0.15) is 19.5 Å². The Bertz CT molecular complexity index is 438. The minimum atomic E-state index is 0.427. The van der Waals surface area contributed by atoms with E-state index in [2.05, 4.69) is 34.3 Å². The van der Waals surface area contributed by atoms with E-state index in [0.717, 1.165) is 5.69 Å². The predicted octanol–water partition coefficient (Wildman–Crippen LogP) is 1.63. The lowest BCUT2D eigenvalue weighted by Gasteiger charge is -2.03. The van der Waals surface area contributed by atoms with Crippen molar-refractivity contribution in [3.63, 3.8) is 0 Å². The largest absolute Gasteiger partial charge is 0.354 e. The van der Waals surface area contributed by atoms with Gasteiger partial charge < -0.3 is 9.84 Å². The molecule has 5 heteroatoms. The van der Waals surface area contributed by atoms with Gasteiger partial charge in [-0.25, -0.2) is 4.98 Å². The second-order valence-corrected chi connectivity index (χ2v) is 3.81. The summed E-state index contributed by atoms with van der Waals surface area (Å²) in [5.74, 6) is 0.647. The number of hydrogen-bond acceptors (Lipinski definition) is 5. The van der Waals surface area contributed by atoms with Crippen molar-refractivity contribution in [1.82, 2.24) is 20.4 Å². The van der Waals surface area contributed by atoms with E-state index in [4.69, 9.17) is 4.52 Å². The highest BCUT2D eigenvalue weighted by atomic mass is 16.5. The van der Waals surface area contributed by atoms with Crippen molar-refractivity contribution in [2.24, 2.45) is 0 Å². The molecule has 16 heavy (non-hydrogen) atoms. The van der Waals surface area contributed by atoms with Gasteiger partial charge in [0.15, 0.2) is 5.76 Å². The highest BCUT2D eigenvalue weighted by Crippen LogP contribution is 2.16. The molecule has 0 aliphatic carbocycles. The van der Waals surface area contributed by atoms with Gasteiger partial charge in [0.2, 0.25) is 0 Å². The van der Waals surface area contributed by atoms with Gasteiger partial charge in [-0.05, 0) is 0 Å². The molecule has 0 aliphatic heterocycles. The molecule has 0 saturated carbocycles. The summed E-state index contributed by atoms with van der Waals surface area (Å²) in [7, 11) is 0. The number of aromatic nitrogens is 3. The van der Waals surface area contributed by atoms with E-state index in [1.165, 1.54) is 0 Å². The van der Waals surface area contributed by atoms with Crippen molar-refractivity contribution in [2.75, 3.05) is 0 Å². The van der Waals surface area contributed by atoms with Crippen LogP contribution >= 0.6 is 0 Å². The third kappa shape index (κ3) is 2.64. The van der Waals surface area contributed by atoms with Crippen molar-refractivity contribution in [3.05, 3.63) is 30.4 Å². The summed E-state index contributed by atoms with van der Waals surface area (Å²) in [6.45, 7) is 4.87. The van der Waals surface area contributed by atoms with Crippen LogP contribution in [0.4, 0.5) is 0 Å². The highest BCUT2D eigenvalue weighted by molar-refractivity contribution is 5.49. The molecule has 0 radical (unpaired) electrons. The van der Waals surface area contributed by atoms with E-state index >= 15 is 0 Å². The third-order valence-electron chi connectivity index (χ3n) is 2.07. The van der Waals surface area contributed by atoms with E-state index in [1.807, 2.05) is 6.07 Å². The molecule has 0 aromatic carbocycles. The Morgan fingerprint density at radius 3 is 2.94 bits per heavy atom. The van der Waals surface area contributed by atoms with Crippen LogP contribution in [0.5, 0.6) is 0 Å². The summed E-state index contributed by atoms with van der Waals surface area (Å²) >= 11 is 0. The van der Waals surface area contributed by atoms with Crippen molar-refractivity contribution in [1.29, 1.82) is 0 Å². The lowest BCUT2D eigenvalue weighted by Crippen LogP contribution is -2.21. The minimum Gasteiger partial charge on any atom is -0.354 e. The van der Waals surface area contributed by atoms with Crippen LogP contribution in [-0.2, 0) is 6.54 Å². The monoisotopic (exact) mass is 218 g/mol.